The fourth-order valence-electron chi connectivity index (χ4n) is 2.75. The van der Waals surface area contributed by atoms with Gasteiger partial charge in [0.05, 0.1) is 4.90 Å². The molecule has 0 radical (unpaired) electrons. The predicted octanol–water partition coefficient (Wildman–Crippen LogP) is 2.21. The summed E-state index contributed by atoms with van der Waals surface area (Å²) < 4.78 is 26.9. The summed E-state index contributed by atoms with van der Waals surface area (Å²) in [5.41, 5.74) is 1.18. The van der Waals surface area contributed by atoms with Gasteiger partial charge in [0, 0.05) is 13.1 Å². The molecule has 0 saturated carbocycles. The molecule has 1 heterocycles. The van der Waals surface area contributed by atoms with Gasteiger partial charge in [-0.15, -0.1) is 0 Å². The molecule has 1 atom stereocenters. The number of nitrogens with one attached hydrogen (secondary N) is 1. The molecule has 2 rings (SSSR count). The van der Waals surface area contributed by atoms with Gasteiger partial charge in [-0.1, -0.05) is 32.9 Å². The molecular formula is C16H26N2O2S. The summed E-state index contributed by atoms with van der Waals surface area (Å²) in [6, 6.07) is 7.32. The number of benzene rings is 1. The molecule has 1 fully saturated rings. The Morgan fingerprint density at radius 2 is 1.86 bits per heavy atom. The molecule has 1 aliphatic rings. The maximum atomic E-state index is 12.7. The van der Waals surface area contributed by atoms with Gasteiger partial charge in [-0.05, 0) is 49.0 Å². The van der Waals surface area contributed by atoms with Crippen LogP contribution in [0.25, 0.3) is 0 Å². The lowest BCUT2D eigenvalue weighted by molar-refractivity contribution is 0.451. The second-order valence-corrected chi connectivity index (χ2v) is 8.79. The highest BCUT2D eigenvalue weighted by Gasteiger charge is 2.32. The normalized spacial score (nSPS) is 20.9. The van der Waals surface area contributed by atoms with Crippen molar-refractivity contribution in [3.8, 4) is 0 Å². The first-order valence-corrected chi connectivity index (χ1v) is 8.94. The zero-order valence-corrected chi connectivity index (χ0v) is 14.2. The molecule has 0 aromatic heterocycles. The van der Waals surface area contributed by atoms with Crippen LogP contribution in [0.4, 0.5) is 0 Å². The highest BCUT2D eigenvalue weighted by Crippen LogP contribution is 2.27. The van der Waals surface area contributed by atoms with Crippen molar-refractivity contribution in [3.05, 3.63) is 29.8 Å². The number of hydrogen-bond acceptors (Lipinski definition) is 3. The van der Waals surface area contributed by atoms with Crippen LogP contribution in [0, 0.1) is 5.92 Å². The molecule has 1 saturated heterocycles. The Hall–Kier alpha value is -0.910. The average molecular weight is 310 g/mol. The Morgan fingerprint density at radius 3 is 2.38 bits per heavy atom. The van der Waals surface area contributed by atoms with E-state index in [1.54, 1.807) is 16.4 Å². The van der Waals surface area contributed by atoms with Crippen LogP contribution < -0.4 is 5.32 Å². The molecule has 1 aliphatic heterocycles. The van der Waals surface area contributed by atoms with Crippen molar-refractivity contribution in [1.82, 2.24) is 9.62 Å². The molecule has 1 unspecified atom stereocenters. The third kappa shape index (κ3) is 3.65. The molecule has 1 N–H and O–H groups in total. The van der Waals surface area contributed by atoms with E-state index in [1.165, 1.54) is 0 Å². The molecule has 1 aromatic rings. The first-order valence-electron chi connectivity index (χ1n) is 7.50. The molecule has 5 heteroatoms. The molecule has 118 valence electrons. The van der Waals surface area contributed by atoms with Crippen molar-refractivity contribution in [2.75, 3.05) is 26.7 Å². The number of nitrogens with zero attached hydrogens (tertiary/aromatic N) is 1. The summed E-state index contributed by atoms with van der Waals surface area (Å²) in [6.07, 6.45) is 0.931. The third-order valence-electron chi connectivity index (χ3n) is 4.10. The van der Waals surface area contributed by atoms with Crippen LogP contribution in [-0.2, 0) is 15.4 Å². The van der Waals surface area contributed by atoms with E-state index < -0.39 is 10.0 Å². The summed E-state index contributed by atoms with van der Waals surface area (Å²) >= 11 is 0. The van der Waals surface area contributed by atoms with Gasteiger partial charge in [0.2, 0.25) is 10.0 Å². The van der Waals surface area contributed by atoms with E-state index in [2.05, 4.69) is 26.1 Å². The van der Waals surface area contributed by atoms with E-state index in [0.29, 0.717) is 23.9 Å². The van der Waals surface area contributed by atoms with E-state index >= 15 is 0 Å². The highest BCUT2D eigenvalue weighted by atomic mass is 32.2. The Bertz CT molecular complexity index is 573. The molecule has 0 bridgehead atoms. The molecule has 21 heavy (non-hydrogen) atoms. The second kappa shape index (κ2) is 6.07. The Balaban J connectivity index is 2.17. The zero-order chi connectivity index (χ0) is 15.7. The van der Waals surface area contributed by atoms with Gasteiger partial charge in [0.1, 0.15) is 0 Å². The standard InChI is InChI=1S/C16H26N2O2S/c1-16(2,3)14-5-7-15(8-6-14)21(19,20)18-10-9-13(12-18)11-17-4/h5-8,13,17H,9-12H2,1-4H3. The maximum Gasteiger partial charge on any atom is 0.243 e. The lowest BCUT2D eigenvalue weighted by atomic mass is 9.87. The summed E-state index contributed by atoms with van der Waals surface area (Å²) in [7, 11) is -1.44. The highest BCUT2D eigenvalue weighted by molar-refractivity contribution is 7.89. The number of sulfonamides is 1. The van der Waals surface area contributed by atoms with Gasteiger partial charge < -0.3 is 5.32 Å². The van der Waals surface area contributed by atoms with E-state index in [9.17, 15) is 8.42 Å². The van der Waals surface area contributed by atoms with Gasteiger partial charge >= 0.3 is 0 Å². The average Bonchev–Trinajstić information content (AvgIpc) is 2.88. The van der Waals surface area contributed by atoms with Crippen LogP contribution in [0.15, 0.2) is 29.2 Å². The minimum Gasteiger partial charge on any atom is -0.319 e. The van der Waals surface area contributed by atoms with Crippen LogP contribution >= 0.6 is 0 Å². The molecule has 0 spiro atoms. The minimum atomic E-state index is -3.35. The molecular weight excluding hydrogens is 284 g/mol. The largest absolute Gasteiger partial charge is 0.319 e. The lowest BCUT2D eigenvalue weighted by Crippen LogP contribution is -2.30. The molecule has 0 amide bonds. The SMILES string of the molecule is CNCC1CCN(S(=O)(=O)c2ccc(C(C)(C)C)cc2)C1. The van der Waals surface area contributed by atoms with E-state index in [4.69, 9.17) is 0 Å². The van der Waals surface area contributed by atoms with Gasteiger partial charge in [-0.3, -0.25) is 0 Å². The first-order chi connectivity index (χ1) is 9.75. The van der Waals surface area contributed by atoms with E-state index in [0.717, 1.165) is 18.5 Å². The Labute approximate surface area is 128 Å². The Kier molecular flexibility index (Phi) is 4.76. The van der Waals surface area contributed by atoms with Crippen LogP contribution in [0.2, 0.25) is 0 Å². The number of hydrogen-bond donors (Lipinski definition) is 1. The second-order valence-electron chi connectivity index (χ2n) is 6.85. The molecule has 0 aliphatic carbocycles. The van der Waals surface area contributed by atoms with Crippen molar-refractivity contribution < 1.29 is 8.42 Å². The van der Waals surface area contributed by atoms with E-state index in [-0.39, 0.29) is 5.41 Å². The van der Waals surface area contributed by atoms with Crippen LogP contribution in [-0.4, -0.2) is 39.4 Å². The first kappa shape index (κ1) is 16.5. The van der Waals surface area contributed by atoms with Crippen molar-refractivity contribution in [2.24, 2.45) is 5.92 Å². The van der Waals surface area contributed by atoms with Crippen LogP contribution in [0.5, 0.6) is 0 Å². The van der Waals surface area contributed by atoms with Gasteiger partial charge in [0.25, 0.3) is 0 Å². The van der Waals surface area contributed by atoms with Crippen molar-refractivity contribution in [2.45, 2.75) is 37.5 Å². The Morgan fingerprint density at radius 1 is 1.24 bits per heavy atom. The third-order valence-corrected chi connectivity index (χ3v) is 5.98. The van der Waals surface area contributed by atoms with Gasteiger partial charge in [-0.2, -0.15) is 4.31 Å². The fraction of sp³-hybridized carbons (Fsp3) is 0.625. The maximum absolute atomic E-state index is 12.7. The smallest absolute Gasteiger partial charge is 0.243 e. The summed E-state index contributed by atoms with van der Waals surface area (Å²) in [6.45, 7) is 8.48. The summed E-state index contributed by atoms with van der Waals surface area (Å²) in [4.78, 5) is 0.403. The topological polar surface area (TPSA) is 49.4 Å². The minimum absolute atomic E-state index is 0.0355. The van der Waals surface area contributed by atoms with Crippen molar-refractivity contribution in [3.63, 3.8) is 0 Å². The van der Waals surface area contributed by atoms with Gasteiger partial charge in [-0.25, -0.2) is 8.42 Å². The summed E-state index contributed by atoms with van der Waals surface area (Å²) in [5.74, 6) is 0.415. The molecule has 4 nitrogen and oxygen atoms in total. The van der Waals surface area contributed by atoms with Crippen molar-refractivity contribution in [1.29, 1.82) is 0 Å². The zero-order valence-electron chi connectivity index (χ0n) is 13.4. The quantitative estimate of drug-likeness (QED) is 0.927. The fourth-order valence-corrected chi connectivity index (χ4v) is 4.28. The lowest BCUT2D eigenvalue weighted by Gasteiger charge is -2.20. The van der Waals surface area contributed by atoms with Crippen LogP contribution in [0.3, 0.4) is 0 Å². The monoisotopic (exact) mass is 310 g/mol. The van der Waals surface area contributed by atoms with Crippen LogP contribution in [0.1, 0.15) is 32.8 Å². The van der Waals surface area contributed by atoms with E-state index in [1.807, 2.05) is 19.2 Å². The summed E-state index contributed by atoms with van der Waals surface area (Å²) in [5, 5.41) is 3.12. The number of rotatable bonds is 4. The van der Waals surface area contributed by atoms with Gasteiger partial charge in [0.15, 0.2) is 0 Å². The van der Waals surface area contributed by atoms with Crippen molar-refractivity contribution >= 4 is 10.0 Å². The molecule has 1 aromatic carbocycles. The predicted molar refractivity (Wildman–Crippen MR) is 85.9 cm³/mol.